The predicted octanol–water partition coefficient (Wildman–Crippen LogP) is 5.96. The average molecular weight is 339 g/mol. The zero-order valence-electron chi connectivity index (χ0n) is 12.1. The van der Waals surface area contributed by atoms with Crippen LogP contribution < -0.4 is 0 Å². The first-order chi connectivity index (χ1) is 11.2. The van der Waals surface area contributed by atoms with Gasteiger partial charge in [0.1, 0.15) is 0 Å². The molecule has 2 nitrogen and oxygen atoms in total. The molecule has 0 saturated carbocycles. The molecule has 0 saturated heterocycles. The van der Waals surface area contributed by atoms with Crippen molar-refractivity contribution in [1.82, 2.24) is 9.38 Å². The van der Waals surface area contributed by atoms with E-state index in [0.29, 0.717) is 10.0 Å². The number of hydrogen-bond donors (Lipinski definition) is 0. The van der Waals surface area contributed by atoms with Crippen molar-refractivity contribution in [2.24, 2.45) is 0 Å². The molecule has 0 aliphatic heterocycles. The zero-order chi connectivity index (χ0) is 15.8. The van der Waals surface area contributed by atoms with Crippen molar-refractivity contribution in [2.75, 3.05) is 0 Å². The van der Waals surface area contributed by atoms with Crippen LogP contribution in [0.2, 0.25) is 10.0 Å². The summed E-state index contributed by atoms with van der Waals surface area (Å²) in [6, 6.07) is 17.8. The molecule has 0 aliphatic carbocycles. The first-order valence-corrected chi connectivity index (χ1v) is 7.97. The Morgan fingerprint density at radius 3 is 2.43 bits per heavy atom. The second kappa shape index (κ2) is 5.73. The van der Waals surface area contributed by atoms with Crippen molar-refractivity contribution < 1.29 is 0 Å². The summed E-state index contributed by atoms with van der Waals surface area (Å²) in [6.45, 7) is 0. The van der Waals surface area contributed by atoms with Crippen LogP contribution in [0.3, 0.4) is 0 Å². The van der Waals surface area contributed by atoms with E-state index in [1.165, 1.54) is 0 Å². The number of fused-ring (bicyclic) bond motifs is 3. The van der Waals surface area contributed by atoms with E-state index in [4.69, 9.17) is 28.2 Å². The lowest BCUT2D eigenvalue weighted by atomic mass is 10.2. The average Bonchev–Trinajstić information content (AvgIpc) is 3.05. The third kappa shape index (κ3) is 2.61. The summed E-state index contributed by atoms with van der Waals surface area (Å²) in [5.41, 5.74) is 4.81. The van der Waals surface area contributed by atoms with Gasteiger partial charge in [-0.05, 0) is 35.9 Å². The number of hydrogen-bond acceptors (Lipinski definition) is 1. The van der Waals surface area contributed by atoms with Gasteiger partial charge in [0.15, 0.2) is 0 Å². The molecule has 0 N–H and O–H groups in total. The molecule has 4 heteroatoms. The molecule has 0 atom stereocenters. The number of halogens is 2. The van der Waals surface area contributed by atoms with E-state index in [0.717, 1.165) is 27.8 Å². The van der Waals surface area contributed by atoms with Crippen LogP contribution in [-0.2, 0) is 0 Å². The highest BCUT2D eigenvalue weighted by molar-refractivity contribution is 6.42. The van der Waals surface area contributed by atoms with Crippen molar-refractivity contribution in [3.63, 3.8) is 0 Å². The summed E-state index contributed by atoms with van der Waals surface area (Å²) in [5, 5.41) is 1.04. The van der Waals surface area contributed by atoms with Crippen LogP contribution in [0.15, 0.2) is 60.8 Å². The number of rotatable bonds is 2. The van der Waals surface area contributed by atoms with Crippen molar-refractivity contribution in [3.8, 4) is 0 Å². The molecule has 0 fully saturated rings. The fraction of sp³-hybridized carbons (Fsp3) is 0. The van der Waals surface area contributed by atoms with Crippen LogP contribution in [0.25, 0.3) is 28.7 Å². The van der Waals surface area contributed by atoms with Gasteiger partial charge in [-0.25, -0.2) is 4.98 Å². The first kappa shape index (κ1) is 14.3. The van der Waals surface area contributed by atoms with E-state index in [9.17, 15) is 0 Å². The van der Waals surface area contributed by atoms with Gasteiger partial charge in [0.25, 0.3) is 0 Å². The quantitative estimate of drug-likeness (QED) is 0.440. The summed E-state index contributed by atoms with van der Waals surface area (Å²) in [5.74, 6) is 0. The Labute approximate surface area is 143 Å². The zero-order valence-corrected chi connectivity index (χ0v) is 13.6. The van der Waals surface area contributed by atoms with Crippen molar-refractivity contribution in [2.45, 2.75) is 0 Å². The summed E-state index contributed by atoms with van der Waals surface area (Å²) >= 11 is 12.3. The highest BCUT2D eigenvalue weighted by Crippen LogP contribution is 2.29. The summed E-state index contributed by atoms with van der Waals surface area (Å²) in [4.78, 5) is 4.74. The van der Waals surface area contributed by atoms with E-state index in [1.54, 1.807) is 6.07 Å². The normalized spacial score (nSPS) is 11.7. The number of aromatic nitrogens is 2. The van der Waals surface area contributed by atoms with Gasteiger partial charge in [0.2, 0.25) is 0 Å². The summed E-state index contributed by atoms with van der Waals surface area (Å²) in [7, 11) is 0. The third-order valence-corrected chi connectivity index (χ3v) is 4.48. The largest absolute Gasteiger partial charge is 0.313 e. The van der Waals surface area contributed by atoms with Crippen LogP contribution >= 0.6 is 23.2 Å². The van der Waals surface area contributed by atoms with Gasteiger partial charge in [-0.15, -0.1) is 0 Å². The molecule has 4 aromatic rings. The molecular formula is C19H12Cl2N2. The molecule has 0 unspecified atom stereocenters. The van der Waals surface area contributed by atoms with Gasteiger partial charge >= 0.3 is 0 Å². The standard InChI is InChI=1S/C19H12Cl2N2/c20-14-11-17-19(12-15(14)21)23-10-4-7-18(23)16(22-17)9-8-13-5-2-1-3-6-13/h1-12H/b9-8+. The Bertz CT molecular complexity index is 1030. The molecule has 0 amide bonds. The van der Waals surface area contributed by atoms with Gasteiger partial charge in [-0.1, -0.05) is 59.6 Å². The van der Waals surface area contributed by atoms with E-state index in [1.807, 2.05) is 48.7 Å². The van der Waals surface area contributed by atoms with Crippen LogP contribution in [0.4, 0.5) is 0 Å². The van der Waals surface area contributed by atoms with E-state index >= 15 is 0 Å². The van der Waals surface area contributed by atoms with Crippen LogP contribution in [0.5, 0.6) is 0 Å². The predicted molar refractivity (Wildman–Crippen MR) is 98.1 cm³/mol. The van der Waals surface area contributed by atoms with Crippen molar-refractivity contribution >= 4 is 51.9 Å². The maximum atomic E-state index is 6.15. The SMILES string of the molecule is Clc1cc2nc(/C=C/c3ccccc3)c3cccn3c2cc1Cl. The molecular weight excluding hydrogens is 327 g/mol. The highest BCUT2D eigenvalue weighted by Gasteiger charge is 2.09. The molecule has 2 heterocycles. The second-order valence-corrected chi connectivity index (χ2v) is 6.07. The lowest BCUT2D eigenvalue weighted by Gasteiger charge is -2.07. The Kier molecular flexibility index (Phi) is 3.56. The highest BCUT2D eigenvalue weighted by atomic mass is 35.5. The van der Waals surface area contributed by atoms with Crippen LogP contribution in [0, 0.1) is 0 Å². The number of benzene rings is 2. The fourth-order valence-electron chi connectivity index (χ4n) is 2.66. The smallest absolute Gasteiger partial charge is 0.0894 e. The summed E-state index contributed by atoms with van der Waals surface area (Å²) < 4.78 is 2.08. The Hall–Kier alpha value is -2.29. The summed E-state index contributed by atoms with van der Waals surface area (Å²) in [6.07, 6.45) is 6.08. The monoisotopic (exact) mass is 338 g/mol. The lowest BCUT2D eigenvalue weighted by molar-refractivity contribution is 1.22. The molecule has 0 aliphatic rings. The topological polar surface area (TPSA) is 17.3 Å². The minimum atomic E-state index is 0.510. The van der Waals surface area contributed by atoms with E-state index < -0.39 is 0 Å². The Balaban J connectivity index is 1.93. The first-order valence-electron chi connectivity index (χ1n) is 7.21. The minimum absolute atomic E-state index is 0.510. The van der Waals surface area contributed by atoms with Crippen LogP contribution in [0.1, 0.15) is 11.3 Å². The number of nitrogens with zero attached hydrogens (tertiary/aromatic N) is 2. The molecule has 0 spiro atoms. The van der Waals surface area contributed by atoms with Gasteiger partial charge in [0.05, 0.1) is 32.3 Å². The minimum Gasteiger partial charge on any atom is -0.313 e. The van der Waals surface area contributed by atoms with Gasteiger partial charge < -0.3 is 4.40 Å². The maximum Gasteiger partial charge on any atom is 0.0894 e. The van der Waals surface area contributed by atoms with Gasteiger partial charge in [0, 0.05) is 6.20 Å². The molecule has 23 heavy (non-hydrogen) atoms. The third-order valence-electron chi connectivity index (χ3n) is 3.76. The van der Waals surface area contributed by atoms with Gasteiger partial charge in [-0.3, -0.25) is 0 Å². The Morgan fingerprint density at radius 1 is 0.826 bits per heavy atom. The Morgan fingerprint density at radius 2 is 1.61 bits per heavy atom. The van der Waals surface area contributed by atoms with Crippen molar-refractivity contribution in [1.29, 1.82) is 0 Å². The fourth-order valence-corrected chi connectivity index (χ4v) is 2.97. The molecule has 0 radical (unpaired) electrons. The lowest BCUT2D eigenvalue weighted by Crippen LogP contribution is -1.94. The van der Waals surface area contributed by atoms with Crippen LogP contribution in [-0.4, -0.2) is 9.38 Å². The molecule has 0 bridgehead atoms. The van der Waals surface area contributed by atoms with Crippen molar-refractivity contribution in [3.05, 3.63) is 82.1 Å². The van der Waals surface area contributed by atoms with Gasteiger partial charge in [-0.2, -0.15) is 0 Å². The van der Waals surface area contributed by atoms with E-state index in [-0.39, 0.29) is 0 Å². The second-order valence-electron chi connectivity index (χ2n) is 5.26. The maximum absolute atomic E-state index is 6.15. The molecule has 112 valence electrons. The molecule has 2 aromatic carbocycles. The molecule has 2 aromatic heterocycles. The van der Waals surface area contributed by atoms with E-state index in [2.05, 4.69) is 22.6 Å². The molecule has 4 rings (SSSR count).